The Hall–Kier alpha value is -3.68. The van der Waals surface area contributed by atoms with Crippen molar-refractivity contribution in [3.63, 3.8) is 0 Å². The van der Waals surface area contributed by atoms with Gasteiger partial charge in [-0.2, -0.15) is 0 Å². The Labute approximate surface area is 180 Å². The van der Waals surface area contributed by atoms with E-state index in [1.165, 1.54) is 0 Å². The van der Waals surface area contributed by atoms with Gasteiger partial charge >= 0.3 is 0 Å². The molecule has 158 valence electrons. The minimum Gasteiger partial charge on any atom is -0.291 e. The fraction of sp³-hybridized carbons (Fsp3) is 0.304. The monoisotopic (exact) mass is 415 g/mol. The summed E-state index contributed by atoms with van der Waals surface area (Å²) in [6.07, 6.45) is 1.18. The number of benzene rings is 2. The normalized spacial score (nSPS) is 11.2. The average Bonchev–Trinajstić information content (AvgIpc) is 3.44. The summed E-state index contributed by atoms with van der Waals surface area (Å²) < 4.78 is 1.85. The van der Waals surface area contributed by atoms with Gasteiger partial charge < -0.3 is 0 Å². The summed E-state index contributed by atoms with van der Waals surface area (Å²) >= 11 is 0. The molecule has 0 aliphatic rings. The SMILES string of the molecule is CCC(=O)c1nc(CC(C)C)n(Cc2ccc(-c3ccccc3-c3nnn[nH]3)cc2)n1. The first kappa shape index (κ1) is 20.6. The number of nitrogens with zero attached hydrogens (tertiary/aromatic N) is 6. The predicted octanol–water partition coefficient (Wildman–Crippen LogP) is 3.96. The summed E-state index contributed by atoms with van der Waals surface area (Å²) in [5, 5.41) is 18.7. The maximum atomic E-state index is 12.1. The van der Waals surface area contributed by atoms with Crippen molar-refractivity contribution >= 4 is 5.78 Å². The summed E-state index contributed by atoms with van der Waals surface area (Å²) in [5.74, 6) is 2.19. The van der Waals surface area contributed by atoms with Gasteiger partial charge in [-0.25, -0.2) is 14.8 Å². The van der Waals surface area contributed by atoms with Crippen molar-refractivity contribution in [1.29, 1.82) is 0 Å². The topological polar surface area (TPSA) is 102 Å². The molecule has 0 unspecified atom stereocenters. The van der Waals surface area contributed by atoms with Gasteiger partial charge in [-0.15, -0.1) is 10.2 Å². The van der Waals surface area contributed by atoms with Crippen molar-refractivity contribution in [3.05, 3.63) is 65.7 Å². The number of ketones is 1. The van der Waals surface area contributed by atoms with Gasteiger partial charge in [0.15, 0.2) is 5.82 Å². The number of aromatic amines is 1. The Balaban J connectivity index is 1.61. The van der Waals surface area contributed by atoms with Crippen LogP contribution in [-0.2, 0) is 13.0 Å². The van der Waals surface area contributed by atoms with Crippen LogP contribution in [0.15, 0.2) is 48.5 Å². The first-order valence-corrected chi connectivity index (χ1v) is 10.4. The van der Waals surface area contributed by atoms with Crippen LogP contribution in [0.4, 0.5) is 0 Å². The lowest BCUT2D eigenvalue weighted by atomic mass is 9.98. The second kappa shape index (κ2) is 8.99. The molecule has 0 spiro atoms. The lowest BCUT2D eigenvalue weighted by Gasteiger charge is -2.10. The molecule has 1 N–H and O–H groups in total. The fourth-order valence-corrected chi connectivity index (χ4v) is 3.47. The van der Waals surface area contributed by atoms with E-state index in [1.807, 2.05) is 35.9 Å². The van der Waals surface area contributed by atoms with Gasteiger partial charge in [0.25, 0.3) is 0 Å². The molecule has 31 heavy (non-hydrogen) atoms. The largest absolute Gasteiger partial charge is 0.291 e. The standard InChI is InChI=1S/C23H25N7O/c1-4-20(31)23-24-21(13-15(2)3)30(27-23)14-16-9-11-17(12-10-16)18-7-5-6-8-19(18)22-25-28-29-26-22/h5-12,15H,4,13-14H2,1-3H3,(H,25,26,28,29). The molecule has 4 rings (SSSR count). The van der Waals surface area contributed by atoms with Crippen LogP contribution in [0.5, 0.6) is 0 Å². The van der Waals surface area contributed by atoms with Crippen LogP contribution < -0.4 is 0 Å². The van der Waals surface area contributed by atoms with E-state index in [-0.39, 0.29) is 5.78 Å². The first-order valence-electron chi connectivity index (χ1n) is 10.4. The molecule has 0 radical (unpaired) electrons. The Morgan fingerprint density at radius 1 is 1.06 bits per heavy atom. The Kier molecular flexibility index (Phi) is 5.97. The number of rotatable bonds is 8. The molecule has 8 nitrogen and oxygen atoms in total. The number of carbonyl (C=O) groups excluding carboxylic acids is 1. The first-order chi connectivity index (χ1) is 15.0. The van der Waals surface area contributed by atoms with Crippen LogP contribution in [0.2, 0.25) is 0 Å². The number of tetrazole rings is 1. The van der Waals surface area contributed by atoms with E-state index < -0.39 is 0 Å². The second-order valence-electron chi connectivity index (χ2n) is 7.88. The minimum atomic E-state index is -0.0300. The highest BCUT2D eigenvalue weighted by Gasteiger charge is 2.16. The zero-order chi connectivity index (χ0) is 21.8. The van der Waals surface area contributed by atoms with Crippen LogP contribution in [0.1, 0.15) is 49.2 Å². The third-order valence-corrected chi connectivity index (χ3v) is 5.03. The zero-order valence-corrected chi connectivity index (χ0v) is 17.9. The van der Waals surface area contributed by atoms with E-state index in [4.69, 9.17) is 0 Å². The fourth-order valence-electron chi connectivity index (χ4n) is 3.47. The maximum absolute atomic E-state index is 12.1. The number of hydrogen-bond donors (Lipinski definition) is 1. The van der Waals surface area contributed by atoms with Crippen molar-refractivity contribution in [3.8, 4) is 22.5 Å². The smallest absolute Gasteiger partial charge is 0.217 e. The number of carbonyl (C=O) groups is 1. The van der Waals surface area contributed by atoms with Crippen LogP contribution in [-0.4, -0.2) is 41.2 Å². The molecule has 0 saturated heterocycles. The molecule has 2 aromatic carbocycles. The van der Waals surface area contributed by atoms with Gasteiger partial charge in [0, 0.05) is 18.4 Å². The molecule has 0 aliphatic carbocycles. The second-order valence-corrected chi connectivity index (χ2v) is 7.88. The summed E-state index contributed by atoms with van der Waals surface area (Å²) in [5.41, 5.74) is 4.15. The van der Waals surface area contributed by atoms with E-state index in [9.17, 15) is 4.79 Å². The summed E-state index contributed by atoms with van der Waals surface area (Å²) in [4.78, 5) is 16.6. The van der Waals surface area contributed by atoms with E-state index in [1.54, 1.807) is 0 Å². The molecule has 2 heterocycles. The van der Waals surface area contributed by atoms with Crippen molar-refractivity contribution in [2.24, 2.45) is 5.92 Å². The number of Topliss-reactive ketones (excluding diaryl/α,β-unsaturated/α-hetero) is 1. The van der Waals surface area contributed by atoms with Crippen LogP contribution in [0, 0.1) is 5.92 Å². The molecule has 0 fully saturated rings. The molecular weight excluding hydrogens is 390 g/mol. The summed E-state index contributed by atoms with van der Waals surface area (Å²) in [7, 11) is 0. The lowest BCUT2D eigenvalue weighted by molar-refractivity contribution is 0.0978. The van der Waals surface area contributed by atoms with E-state index in [0.29, 0.717) is 30.5 Å². The molecule has 0 amide bonds. The maximum Gasteiger partial charge on any atom is 0.217 e. The number of aromatic nitrogens is 7. The Morgan fingerprint density at radius 3 is 2.45 bits per heavy atom. The lowest BCUT2D eigenvalue weighted by Crippen LogP contribution is -2.09. The van der Waals surface area contributed by atoms with Gasteiger partial charge in [0.1, 0.15) is 5.82 Å². The zero-order valence-electron chi connectivity index (χ0n) is 17.9. The van der Waals surface area contributed by atoms with Crippen molar-refractivity contribution in [2.75, 3.05) is 0 Å². The van der Waals surface area contributed by atoms with Crippen molar-refractivity contribution < 1.29 is 4.79 Å². The van der Waals surface area contributed by atoms with Gasteiger partial charge in [-0.1, -0.05) is 69.3 Å². The van der Waals surface area contributed by atoms with Gasteiger partial charge in [-0.05, 0) is 33.0 Å². The highest BCUT2D eigenvalue weighted by Crippen LogP contribution is 2.29. The number of nitrogens with one attached hydrogen (secondary N) is 1. The van der Waals surface area contributed by atoms with Crippen molar-refractivity contribution in [2.45, 2.75) is 40.2 Å². The van der Waals surface area contributed by atoms with Gasteiger partial charge in [-0.3, -0.25) is 4.79 Å². The van der Waals surface area contributed by atoms with E-state index in [0.717, 1.165) is 34.5 Å². The Bertz CT molecular complexity index is 1160. The predicted molar refractivity (Wildman–Crippen MR) is 117 cm³/mol. The molecule has 0 atom stereocenters. The van der Waals surface area contributed by atoms with Crippen molar-refractivity contribution in [1.82, 2.24) is 35.4 Å². The molecule has 0 saturated carbocycles. The molecule has 0 aliphatic heterocycles. The highest BCUT2D eigenvalue weighted by atomic mass is 16.1. The molecule has 8 heteroatoms. The summed E-state index contributed by atoms with van der Waals surface area (Å²) in [6.45, 7) is 6.67. The molecule has 2 aromatic heterocycles. The van der Waals surface area contributed by atoms with E-state index >= 15 is 0 Å². The minimum absolute atomic E-state index is 0.0300. The molecule has 4 aromatic rings. The van der Waals surface area contributed by atoms with E-state index in [2.05, 4.69) is 68.8 Å². The third kappa shape index (κ3) is 4.58. The van der Waals surface area contributed by atoms with Gasteiger partial charge in [0.2, 0.25) is 11.6 Å². The van der Waals surface area contributed by atoms with Crippen LogP contribution in [0.3, 0.4) is 0 Å². The van der Waals surface area contributed by atoms with Crippen LogP contribution >= 0.6 is 0 Å². The quantitative estimate of drug-likeness (QED) is 0.437. The summed E-state index contributed by atoms with van der Waals surface area (Å²) in [6, 6.07) is 16.3. The number of hydrogen-bond acceptors (Lipinski definition) is 6. The highest BCUT2D eigenvalue weighted by molar-refractivity contribution is 5.92. The number of H-pyrrole nitrogens is 1. The van der Waals surface area contributed by atoms with Gasteiger partial charge in [0.05, 0.1) is 6.54 Å². The molecule has 0 bridgehead atoms. The van der Waals surface area contributed by atoms with Crippen LogP contribution in [0.25, 0.3) is 22.5 Å². The average molecular weight is 416 g/mol. The Morgan fingerprint density at radius 2 is 1.81 bits per heavy atom. The third-order valence-electron chi connectivity index (χ3n) is 5.03. The molecular formula is C23H25N7O.